The van der Waals surface area contributed by atoms with Crippen molar-refractivity contribution in [3.8, 4) is 0 Å². The van der Waals surface area contributed by atoms with Crippen LogP contribution >= 0.6 is 0 Å². The summed E-state index contributed by atoms with van der Waals surface area (Å²) in [6, 6.07) is 16.1. The fraction of sp³-hybridized carbons (Fsp3) is 0.452. The maximum atomic E-state index is 13.5. The maximum absolute atomic E-state index is 13.5. The molecule has 2 fully saturated rings. The Kier molecular flexibility index (Phi) is 8.23. The zero-order valence-corrected chi connectivity index (χ0v) is 22.6. The molecule has 1 saturated heterocycles. The van der Waals surface area contributed by atoms with Gasteiger partial charge in [0.1, 0.15) is 0 Å². The van der Waals surface area contributed by atoms with E-state index in [2.05, 4.69) is 51.4 Å². The number of carbonyl (C=O) groups excluding carboxylic acids is 2. The molecule has 200 valence electrons. The maximum Gasteiger partial charge on any atom is 0.272 e. The number of amides is 2. The lowest BCUT2D eigenvalue weighted by Crippen LogP contribution is -2.49. The highest BCUT2D eigenvalue weighted by atomic mass is 16.2. The molecule has 0 atom stereocenters. The van der Waals surface area contributed by atoms with E-state index in [-0.39, 0.29) is 17.5 Å². The van der Waals surface area contributed by atoms with Crippen LogP contribution in [0.2, 0.25) is 0 Å². The van der Waals surface area contributed by atoms with Crippen molar-refractivity contribution in [2.45, 2.75) is 52.0 Å². The number of nitrogens with zero attached hydrogens (tertiary/aromatic N) is 3. The molecule has 5 rings (SSSR count). The summed E-state index contributed by atoms with van der Waals surface area (Å²) in [6.07, 6.45) is 7.64. The molecule has 1 aliphatic carbocycles. The number of nitrogens with one attached hydrogen (secondary N) is 2. The standard InChI is InChI=1S/C31H39N5O2/c1-22(2)35-17-19-36(20-18-35)28-15-14-26(24-11-6-7-12-25(24)28)30(37)34-27-13-8-16-32-29(27)31(38)33-21-23-9-4-3-5-10-23/h6-8,11-16,22-23H,3-5,9-10,17-21H2,1-2H3,(H,33,38)(H,34,37). The molecule has 0 unspecified atom stereocenters. The molecule has 3 aromatic rings. The van der Waals surface area contributed by atoms with Crippen LogP contribution in [0.1, 0.15) is 66.8 Å². The van der Waals surface area contributed by atoms with Crippen molar-refractivity contribution in [3.63, 3.8) is 0 Å². The van der Waals surface area contributed by atoms with Crippen molar-refractivity contribution >= 4 is 34.0 Å². The fourth-order valence-corrected chi connectivity index (χ4v) is 5.82. The van der Waals surface area contributed by atoms with Crippen LogP contribution in [0.3, 0.4) is 0 Å². The van der Waals surface area contributed by atoms with Crippen LogP contribution in [0, 0.1) is 5.92 Å². The van der Waals surface area contributed by atoms with Gasteiger partial charge in [-0.15, -0.1) is 0 Å². The number of rotatable bonds is 7. The van der Waals surface area contributed by atoms with Crippen LogP contribution in [-0.4, -0.2) is 60.5 Å². The van der Waals surface area contributed by atoms with Crippen LogP contribution in [0.4, 0.5) is 11.4 Å². The van der Waals surface area contributed by atoms with Gasteiger partial charge in [0.2, 0.25) is 0 Å². The van der Waals surface area contributed by atoms with Gasteiger partial charge < -0.3 is 15.5 Å². The van der Waals surface area contributed by atoms with E-state index in [1.54, 1.807) is 18.3 Å². The third kappa shape index (κ3) is 5.83. The van der Waals surface area contributed by atoms with E-state index in [0.717, 1.165) is 55.5 Å². The highest BCUT2D eigenvalue weighted by Gasteiger charge is 2.23. The molecule has 2 aromatic carbocycles. The van der Waals surface area contributed by atoms with Crippen LogP contribution < -0.4 is 15.5 Å². The molecule has 0 spiro atoms. The van der Waals surface area contributed by atoms with Gasteiger partial charge in [-0.25, -0.2) is 4.98 Å². The smallest absolute Gasteiger partial charge is 0.272 e. The van der Waals surface area contributed by atoms with E-state index >= 15 is 0 Å². The monoisotopic (exact) mass is 513 g/mol. The summed E-state index contributed by atoms with van der Waals surface area (Å²) in [5.41, 5.74) is 2.42. The third-order valence-electron chi connectivity index (χ3n) is 8.08. The number of benzene rings is 2. The minimum atomic E-state index is -0.244. The summed E-state index contributed by atoms with van der Waals surface area (Å²) in [4.78, 5) is 35.7. The van der Waals surface area contributed by atoms with Gasteiger partial charge in [0.15, 0.2) is 5.69 Å². The number of carbonyl (C=O) groups is 2. The Morgan fingerprint density at radius 2 is 1.63 bits per heavy atom. The summed E-state index contributed by atoms with van der Waals surface area (Å²) in [5.74, 6) is 0.0339. The molecule has 0 bridgehead atoms. The topological polar surface area (TPSA) is 77.6 Å². The van der Waals surface area contributed by atoms with Gasteiger partial charge in [-0.3, -0.25) is 14.5 Å². The Hall–Kier alpha value is -3.45. The van der Waals surface area contributed by atoms with E-state index in [1.165, 1.54) is 19.3 Å². The Balaban J connectivity index is 1.33. The van der Waals surface area contributed by atoms with Crippen LogP contribution in [0.25, 0.3) is 10.8 Å². The van der Waals surface area contributed by atoms with Gasteiger partial charge in [-0.1, -0.05) is 43.5 Å². The molecule has 7 nitrogen and oxygen atoms in total. The van der Waals surface area contributed by atoms with Crippen molar-refractivity contribution in [1.29, 1.82) is 0 Å². The lowest BCUT2D eigenvalue weighted by atomic mass is 9.89. The van der Waals surface area contributed by atoms with Crippen molar-refractivity contribution in [2.75, 3.05) is 42.9 Å². The van der Waals surface area contributed by atoms with E-state index < -0.39 is 0 Å². The zero-order chi connectivity index (χ0) is 26.5. The van der Waals surface area contributed by atoms with Crippen molar-refractivity contribution in [3.05, 3.63) is 66.0 Å². The zero-order valence-electron chi connectivity index (χ0n) is 22.6. The highest BCUT2D eigenvalue weighted by molar-refractivity contribution is 6.16. The molecule has 38 heavy (non-hydrogen) atoms. The molecule has 2 amide bonds. The Bertz CT molecular complexity index is 1280. The predicted molar refractivity (Wildman–Crippen MR) is 154 cm³/mol. The van der Waals surface area contributed by atoms with Crippen LogP contribution in [-0.2, 0) is 0 Å². The quantitative estimate of drug-likeness (QED) is 0.447. The molecular weight excluding hydrogens is 474 g/mol. The Morgan fingerprint density at radius 3 is 2.37 bits per heavy atom. The molecule has 2 N–H and O–H groups in total. The van der Waals surface area contributed by atoms with Gasteiger partial charge in [-0.05, 0) is 62.3 Å². The largest absolute Gasteiger partial charge is 0.368 e. The number of pyridine rings is 1. The highest BCUT2D eigenvalue weighted by Crippen LogP contribution is 2.31. The van der Waals surface area contributed by atoms with Crippen LogP contribution in [0.15, 0.2) is 54.7 Å². The second-order valence-corrected chi connectivity index (χ2v) is 10.9. The molecule has 1 aromatic heterocycles. The first-order chi connectivity index (χ1) is 18.5. The first kappa shape index (κ1) is 26.2. The van der Waals surface area contributed by atoms with Gasteiger partial charge in [0.05, 0.1) is 5.69 Å². The molecule has 2 aliphatic rings. The summed E-state index contributed by atoms with van der Waals surface area (Å²) < 4.78 is 0. The summed E-state index contributed by atoms with van der Waals surface area (Å²) in [7, 11) is 0. The van der Waals surface area contributed by atoms with Gasteiger partial charge in [-0.2, -0.15) is 0 Å². The van der Waals surface area contributed by atoms with E-state index in [0.29, 0.717) is 29.8 Å². The molecule has 7 heteroatoms. The minimum absolute atomic E-state index is 0.243. The molecular formula is C31H39N5O2. The lowest BCUT2D eigenvalue weighted by molar-refractivity contribution is 0.0939. The van der Waals surface area contributed by atoms with Crippen molar-refractivity contribution < 1.29 is 9.59 Å². The number of fused-ring (bicyclic) bond motifs is 1. The summed E-state index contributed by atoms with van der Waals surface area (Å²) in [5, 5.41) is 7.98. The average Bonchev–Trinajstić information content (AvgIpc) is 2.96. The number of hydrogen-bond acceptors (Lipinski definition) is 5. The lowest BCUT2D eigenvalue weighted by Gasteiger charge is -2.38. The van der Waals surface area contributed by atoms with Gasteiger partial charge in [0, 0.05) is 61.6 Å². The fourth-order valence-electron chi connectivity index (χ4n) is 5.82. The van der Waals surface area contributed by atoms with E-state index in [1.807, 2.05) is 24.3 Å². The summed E-state index contributed by atoms with van der Waals surface area (Å²) in [6.45, 7) is 9.12. The summed E-state index contributed by atoms with van der Waals surface area (Å²) >= 11 is 0. The normalized spacial score (nSPS) is 17.1. The first-order valence-corrected chi connectivity index (χ1v) is 14.1. The first-order valence-electron chi connectivity index (χ1n) is 14.1. The molecule has 2 heterocycles. The number of piperazine rings is 1. The van der Waals surface area contributed by atoms with Crippen LogP contribution in [0.5, 0.6) is 0 Å². The SMILES string of the molecule is CC(C)N1CCN(c2ccc(C(=O)Nc3cccnc3C(=O)NCC3CCCCC3)c3ccccc23)CC1. The number of hydrogen-bond donors (Lipinski definition) is 2. The van der Waals surface area contributed by atoms with Gasteiger partial charge >= 0.3 is 0 Å². The van der Waals surface area contributed by atoms with E-state index in [9.17, 15) is 9.59 Å². The Morgan fingerprint density at radius 1 is 0.895 bits per heavy atom. The number of anilines is 2. The predicted octanol–water partition coefficient (Wildman–Crippen LogP) is 5.33. The number of aromatic nitrogens is 1. The second kappa shape index (κ2) is 11.9. The van der Waals surface area contributed by atoms with Crippen molar-refractivity contribution in [1.82, 2.24) is 15.2 Å². The van der Waals surface area contributed by atoms with E-state index in [4.69, 9.17) is 0 Å². The average molecular weight is 514 g/mol. The van der Waals surface area contributed by atoms with Crippen molar-refractivity contribution in [2.24, 2.45) is 5.92 Å². The minimum Gasteiger partial charge on any atom is -0.368 e. The second-order valence-electron chi connectivity index (χ2n) is 10.9. The van der Waals surface area contributed by atoms with Gasteiger partial charge in [0.25, 0.3) is 11.8 Å². The third-order valence-corrected chi connectivity index (χ3v) is 8.08. The molecule has 0 radical (unpaired) electrons. The molecule has 1 saturated carbocycles. The Labute approximate surface area is 225 Å². The molecule has 1 aliphatic heterocycles.